The molecule has 0 atom stereocenters. The first kappa shape index (κ1) is 15.9. The van der Waals surface area contributed by atoms with Gasteiger partial charge in [-0.1, -0.05) is 52.8 Å². The number of aliphatic imine (C=N–C) groups is 1. The second-order valence-electron chi connectivity index (χ2n) is 5.82. The van der Waals surface area contributed by atoms with Gasteiger partial charge in [-0.25, -0.2) is 0 Å². The second-order valence-corrected chi connectivity index (χ2v) is 5.82. The van der Waals surface area contributed by atoms with Crippen molar-refractivity contribution in [1.82, 2.24) is 0 Å². The van der Waals surface area contributed by atoms with Gasteiger partial charge in [0.2, 0.25) is 0 Å². The highest BCUT2D eigenvalue weighted by atomic mass is 14.7. The molecule has 0 fully saturated rings. The van der Waals surface area contributed by atoms with Crippen molar-refractivity contribution in [3.63, 3.8) is 0 Å². The fraction of sp³-hybridized carbons (Fsp3) is 0.611. The third-order valence-electron chi connectivity index (χ3n) is 3.52. The predicted octanol–water partition coefficient (Wildman–Crippen LogP) is 5.35. The van der Waals surface area contributed by atoms with Crippen LogP contribution >= 0.6 is 0 Å². The number of nitrogens with zero attached hydrogens (tertiary/aromatic N) is 1. The maximum absolute atomic E-state index is 4.43. The lowest BCUT2D eigenvalue weighted by Gasteiger charge is -2.19. The smallest absolute Gasteiger partial charge is 0.0388 e. The molecular weight excluding hydrogens is 230 g/mol. The summed E-state index contributed by atoms with van der Waals surface area (Å²) in [6.07, 6.45) is 5.38. The highest BCUT2D eigenvalue weighted by molar-refractivity contribution is 5.56. The van der Waals surface area contributed by atoms with Gasteiger partial charge in [0.15, 0.2) is 0 Å². The predicted molar refractivity (Wildman–Crippen MR) is 86.6 cm³/mol. The van der Waals surface area contributed by atoms with Gasteiger partial charge >= 0.3 is 0 Å². The molecule has 1 aromatic carbocycles. The van der Waals surface area contributed by atoms with E-state index in [1.807, 2.05) is 6.21 Å². The Morgan fingerprint density at radius 2 is 1.63 bits per heavy atom. The van der Waals surface area contributed by atoms with Crippen molar-refractivity contribution in [2.75, 3.05) is 6.54 Å². The van der Waals surface area contributed by atoms with Crippen LogP contribution in [0.15, 0.2) is 23.2 Å². The monoisotopic (exact) mass is 259 g/mol. The molecule has 1 nitrogen and oxygen atoms in total. The van der Waals surface area contributed by atoms with Crippen molar-refractivity contribution in [2.24, 2.45) is 4.99 Å². The lowest BCUT2D eigenvalue weighted by Crippen LogP contribution is -2.04. The Bertz CT molecular complexity index is 376. The molecule has 106 valence electrons. The van der Waals surface area contributed by atoms with Gasteiger partial charge in [-0.05, 0) is 54.0 Å². The molecule has 0 unspecified atom stereocenters. The molecule has 0 heterocycles. The minimum Gasteiger partial charge on any atom is -0.298 e. The van der Waals surface area contributed by atoms with Crippen LogP contribution in [-0.2, 0) is 6.42 Å². The van der Waals surface area contributed by atoms with Crippen LogP contribution in [0.2, 0.25) is 0 Å². The topological polar surface area (TPSA) is 12.4 Å². The molecule has 0 amide bonds. The molecule has 0 bridgehead atoms. The Labute approximate surface area is 119 Å². The zero-order valence-electron chi connectivity index (χ0n) is 13.2. The van der Waals surface area contributed by atoms with E-state index in [-0.39, 0.29) is 0 Å². The fourth-order valence-electron chi connectivity index (χ4n) is 2.56. The third kappa shape index (κ3) is 4.81. The van der Waals surface area contributed by atoms with Crippen LogP contribution in [0.3, 0.4) is 0 Å². The minimum absolute atomic E-state index is 0.604. The summed E-state index contributed by atoms with van der Waals surface area (Å²) in [6.45, 7) is 12.2. The summed E-state index contributed by atoms with van der Waals surface area (Å²) in [7, 11) is 0. The van der Waals surface area contributed by atoms with Gasteiger partial charge in [-0.3, -0.25) is 4.99 Å². The van der Waals surface area contributed by atoms with E-state index in [9.17, 15) is 0 Å². The van der Waals surface area contributed by atoms with Crippen molar-refractivity contribution in [1.29, 1.82) is 0 Å². The molecule has 0 saturated carbocycles. The first-order chi connectivity index (χ1) is 9.07. The molecule has 0 spiro atoms. The minimum atomic E-state index is 0.604. The molecule has 19 heavy (non-hydrogen) atoms. The molecular formula is C18H29N. The maximum atomic E-state index is 4.43. The van der Waals surface area contributed by atoms with Gasteiger partial charge < -0.3 is 0 Å². The normalized spacial score (nSPS) is 11.9. The van der Waals surface area contributed by atoms with Crippen LogP contribution in [0.5, 0.6) is 0 Å². The highest BCUT2D eigenvalue weighted by Gasteiger charge is 2.12. The average Bonchev–Trinajstić information content (AvgIpc) is 2.38. The van der Waals surface area contributed by atoms with Crippen molar-refractivity contribution < 1.29 is 0 Å². The third-order valence-corrected chi connectivity index (χ3v) is 3.52. The summed E-state index contributed by atoms with van der Waals surface area (Å²) in [5, 5.41) is 0. The summed E-state index contributed by atoms with van der Waals surface area (Å²) >= 11 is 0. The van der Waals surface area contributed by atoms with Crippen molar-refractivity contribution >= 4 is 6.21 Å². The van der Waals surface area contributed by atoms with Gasteiger partial charge in [0.05, 0.1) is 0 Å². The standard InChI is InChI=1S/C18H29N/c1-6-12-19-13-8-11-18-16(14(2)3)9-7-10-17(18)15(4)5/h7,9-10,12,14-15H,6,8,11,13H2,1-5H3. The van der Waals surface area contributed by atoms with Gasteiger partial charge in [-0.2, -0.15) is 0 Å². The Morgan fingerprint density at radius 3 is 2.11 bits per heavy atom. The molecule has 0 aliphatic heterocycles. The van der Waals surface area contributed by atoms with Crippen molar-refractivity contribution in [3.05, 3.63) is 34.9 Å². The van der Waals surface area contributed by atoms with Crippen LogP contribution in [-0.4, -0.2) is 12.8 Å². The summed E-state index contributed by atoms with van der Waals surface area (Å²) in [5.41, 5.74) is 4.61. The summed E-state index contributed by atoms with van der Waals surface area (Å²) < 4.78 is 0. The van der Waals surface area contributed by atoms with E-state index in [0.29, 0.717) is 11.8 Å². The summed E-state index contributed by atoms with van der Waals surface area (Å²) in [6, 6.07) is 6.80. The molecule has 1 aromatic rings. The fourth-order valence-corrected chi connectivity index (χ4v) is 2.56. The van der Waals surface area contributed by atoms with Gasteiger partial charge in [-0.15, -0.1) is 0 Å². The molecule has 1 heteroatoms. The van der Waals surface area contributed by atoms with Crippen LogP contribution < -0.4 is 0 Å². The molecule has 0 N–H and O–H groups in total. The van der Waals surface area contributed by atoms with E-state index in [4.69, 9.17) is 0 Å². The summed E-state index contributed by atoms with van der Waals surface area (Å²) in [4.78, 5) is 4.43. The Morgan fingerprint density at radius 1 is 1.05 bits per heavy atom. The van der Waals surface area contributed by atoms with Crippen LogP contribution in [0, 0.1) is 0 Å². The second kappa shape index (κ2) is 8.14. The number of benzene rings is 1. The molecule has 0 aromatic heterocycles. The van der Waals surface area contributed by atoms with Crippen molar-refractivity contribution in [3.8, 4) is 0 Å². The van der Waals surface area contributed by atoms with Gasteiger partial charge in [0, 0.05) is 6.54 Å². The van der Waals surface area contributed by atoms with E-state index in [1.165, 1.54) is 11.1 Å². The molecule has 0 aliphatic rings. The van der Waals surface area contributed by atoms with Crippen LogP contribution in [0.1, 0.15) is 76.0 Å². The lowest BCUT2D eigenvalue weighted by molar-refractivity contribution is 0.758. The zero-order valence-corrected chi connectivity index (χ0v) is 13.2. The number of rotatable bonds is 7. The lowest BCUT2D eigenvalue weighted by atomic mass is 9.86. The van der Waals surface area contributed by atoms with E-state index < -0.39 is 0 Å². The average molecular weight is 259 g/mol. The van der Waals surface area contributed by atoms with Crippen molar-refractivity contribution in [2.45, 2.75) is 65.7 Å². The largest absolute Gasteiger partial charge is 0.298 e. The Kier molecular flexibility index (Phi) is 6.83. The zero-order chi connectivity index (χ0) is 14.3. The van der Waals surface area contributed by atoms with Crippen LogP contribution in [0.4, 0.5) is 0 Å². The van der Waals surface area contributed by atoms with E-state index >= 15 is 0 Å². The molecule has 0 radical (unpaired) electrons. The first-order valence-corrected chi connectivity index (χ1v) is 7.67. The number of hydrogen-bond donors (Lipinski definition) is 0. The van der Waals surface area contributed by atoms with E-state index in [1.54, 1.807) is 5.56 Å². The first-order valence-electron chi connectivity index (χ1n) is 7.67. The van der Waals surface area contributed by atoms with E-state index in [0.717, 1.165) is 25.8 Å². The summed E-state index contributed by atoms with van der Waals surface area (Å²) in [5.74, 6) is 1.21. The van der Waals surface area contributed by atoms with Gasteiger partial charge in [0.25, 0.3) is 0 Å². The maximum Gasteiger partial charge on any atom is 0.0388 e. The Hall–Kier alpha value is -1.11. The Balaban J connectivity index is 2.85. The highest BCUT2D eigenvalue weighted by Crippen LogP contribution is 2.28. The molecule has 0 saturated heterocycles. The molecule has 0 aliphatic carbocycles. The molecule has 1 rings (SSSR count). The number of hydrogen-bond acceptors (Lipinski definition) is 1. The van der Waals surface area contributed by atoms with Gasteiger partial charge in [0.1, 0.15) is 0 Å². The van der Waals surface area contributed by atoms with Crippen LogP contribution in [0.25, 0.3) is 0 Å². The quantitative estimate of drug-likeness (QED) is 0.462. The van der Waals surface area contributed by atoms with E-state index in [2.05, 4.69) is 57.8 Å². The SMILES string of the molecule is CCC=NCCCc1c(C(C)C)cccc1C(C)C.